The molecule has 1 heterocycles. The van der Waals surface area contributed by atoms with Crippen molar-refractivity contribution in [2.24, 2.45) is 0 Å². The highest BCUT2D eigenvalue weighted by Crippen LogP contribution is 2.28. The third kappa shape index (κ3) is 2.79. The average Bonchev–Trinajstić information content (AvgIpc) is 3.19. The zero-order valence-electron chi connectivity index (χ0n) is 10.8. The predicted molar refractivity (Wildman–Crippen MR) is 69.7 cm³/mol. The van der Waals surface area contributed by atoms with Crippen LogP contribution in [0.4, 0.5) is 5.82 Å². The first-order valence-electron chi connectivity index (χ1n) is 6.18. The molecule has 1 aliphatic carbocycles. The maximum absolute atomic E-state index is 12.3. The topological polar surface area (TPSA) is 56.7 Å². The largest absolute Gasteiger partial charge is 0.395 e. The lowest BCUT2D eigenvalue weighted by atomic mass is 10.2. The summed E-state index contributed by atoms with van der Waals surface area (Å²) in [5, 5.41) is 9.01. The number of aliphatic hydroxyl groups excluding tert-OH is 1. The van der Waals surface area contributed by atoms with Crippen molar-refractivity contribution in [3.05, 3.63) is 23.9 Å². The van der Waals surface area contributed by atoms with E-state index in [1.54, 1.807) is 17.2 Å². The number of hydrogen-bond donors (Lipinski definition) is 1. The van der Waals surface area contributed by atoms with E-state index in [-0.39, 0.29) is 12.5 Å². The summed E-state index contributed by atoms with van der Waals surface area (Å²) in [7, 11) is 3.82. The summed E-state index contributed by atoms with van der Waals surface area (Å²) in [5.74, 6) is 0.788. The molecule has 18 heavy (non-hydrogen) atoms. The molecule has 0 spiro atoms. The van der Waals surface area contributed by atoms with Gasteiger partial charge in [0.25, 0.3) is 5.91 Å². The number of aromatic nitrogens is 1. The Morgan fingerprint density at radius 1 is 1.44 bits per heavy atom. The summed E-state index contributed by atoms with van der Waals surface area (Å²) < 4.78 is 0. The van der Waals surface area contributed by atoms with E-state index in [4.69, 9.17) is 5.11 Å². The molecule has 0 aromatic carbocycles. The molecule has 1 aromatic heterocycles. The lowest BCUT2D eigenvalue weighted by molar-refractivity contribution is 0.0707. The minimum absolute atomic E-state index is 0.00541. The van der Waals surface area contributed by atoms with E-state index >= 15 is 0 Å². The Hall–Kier alpha value is -1.62. The third-order valence-electron chi connectivity index (χ3n) is 3.04. The number of carbonyl (C=O) groups is 1. The Morgan fingerprint density at radius 2 is 2.17 bits per heavy atom. The normalized spacial score (nSPS) is 14.4. The Labute approximate surface area is 107 Å². The Kier molecular flexibility index (Phi) is 3.81. The summed E-state index contributed by atoms with van der Waals surface area (Å²) >= 11 is 0. The van der Waals surface area contributed by atoms with Gasteiger partial charge in [0.2, 0.25) is 0 Å². The fourth-order valence-corrected chi connectivity index (χ4v) is 1.89. The van der Waals surface area contributed by atoms with Crippen molar-refractivity contribution < 1.29 is 9.90 Å². The Bertz CT molecular complexity index is 413. The highest BCUT2D eigenvalue weighted by molar-refractivity contribution is 5.94. The minimum Gasteiger partial charge on any atom is -0.395 e. The molecule has 1 N–H and O–H groups in total. The molecule has 2 rings (SSSR count). The molecule has 98 valence electrons. The van der Waals surface area contributed by atoms with E-state index in [0.29, 0.717) is 18.2 Å². The van der Waals surface area contributed by atoms with E-state index < -0.39 is 0 Å². The van der Waals surface area contributed by atoms with Crippen molar-refractivity contribution in [2.45, 2.75) is 18.9 Å². The first kappa shape index (κ1) is 12.8. The fraction of sp³-hybridized carbons (Fsp3) is 0.538. The average molecular weight is 249 g/mol. The van der Waals surface area contributed by atoms with Crippen LogP contribution in [-0.4, -0.2) is 54.2 Å². The van der Waals surface area contributed by atoms with Gasteiger partial charge < -0.3 is 14.9 Å². The number of amides is 1. The predicted octanol–water partition coefficient (Wildman–Crippen LogP) is 0.744. The van der Waals surface area contributed by atoms with Crippen molar-refractivity contribution in [2.75, 3.05) is 32.1 Å². The summed E-state index contributed by atoms with van der Waals surface area (Å²) in [4.78, 5) is 20.1. The molecule has 5 nitrogen and oxygen atoms in total. The molecule has 0 saturated heterocycles. The van der Waals surface area contributed by atoms with Crippen molar-refractivity contribution in [3.63, 3.8) is 0 Å². The van der Waals surface area contributed by atoms with Gasteiger partial charge in [-0.05, 0) is 25.0 Å². The van der Waals surface area contributed by atoms with Gasteiger partial charge in [-0.15, -0.1) is 0 Å². The summed E-state index contributed by atoms with van der Waals surface area (Å²) in [5.41, 5.74) is 0.584. The molecule has 0 atom stereocenters. The highest BCUT2D eigenvalue weighted by atomic mass is 16.3. The van der Waals surface area contributed by atoms with Crippen LogP contribution in [0, 0.1) is 0 Å². The molecule has 0 unspecified atom stereocenters. The molecule has 0 bridgehead atoms. The standard InChI is InChI=1S/C13H19N3O2/c1-15(2)12-6-3-10(9-14-12)13(18)16(7-8-17)11-4-5-11/h3,6,9,11,17H,4-5,7-8H2,1-2H3. The number of carbonyl (C=O) groups excluding carboxylic acids is 1. The fourth-order valence-electron chi connectivity index (χ4n) is 1.89. The van der Waals surface area contributed by atoms with Gasteiger partial charge in [-0.1, -0.05) is 0 Å². The number of hydrogen-bond acceptors (Lipinski definition) is 4. The van der Waals surface area contributed by atoms with Gasteiger partial charge in [0, 0.05) is 32.9 Å². The molecule has 1 saturated carbocycles. The summed E-state index contributed by atoms with van der Waals surface area (Å²) in [6.45, 7) is 0.407. The molecular weight excluding hydrogens is 230 g/mol. The molecule has 0 radical (unpaired) electrons. The minimum atomic E-state index is -0.0376. The monoisotopic (exact) mass is 249 g/mol. The maximum Gasteiger partial charge on any atom is 0.255 e. The first-order valence-corrected chi connectivity index (χ1v) is 6.18. The SMILES string of the molecule is CN(C)c1ccc(C(=O)N(CCO)C2CC2)cn1. The van der Waals surface area contributed by atoms with Gasteiger partial charge in [0.15, 0.2) is 0 Å². The van der Waals surface area contributed by atoms with Gasteiger partial charge >= 0.3 is 0 Å². The number of rotatable bonds is 5. The quantitative estimate of drug-likeness (QED) is 0.836. The Balaban J connectivity index is 2.11. The van der Waals surface area contributed by atoms with Gasteiger partial charge in [-0.25, -0.2) is 4.98 Å². The van der Waals surface area contributed by atoms with Crippen LogP contribution in [0.2, 0.25) is 0 Å². The summed E-state index contributed by atoms with van der Waals surface area (Å²) in [6.07, 6.45) is 3.67. The van der Waals surface area contributed by atoms with Crippen LogP contribution < -0.4 is 4.90 Å². The van der Waals surface area contributed by atoms with Gasteiger partial charge in [-0.2, -0.15) is 0 Å². The number of anilines is 1. The second kappa shape index (κ2) is 5.35. The van der Waals surface area contributed by atoms with Crippen LogP contribution in [0.25, 0.3) is 0 Å². The molecule has 0 aliphatic heterocycles. The number of pyridine rings is 1. The molecule has 1 amide bonds. The molecule has 1 aliphatic rings. The zero-order valence-corrected chi connectivity index (χ0v) is 10.8. The van der Waals surface area contributed by atoms with Gasteiger partial charge in [0.1, 0.15) is 5.82 Å². The molecule has 5 heteroatoms. The van der Waals surface area contributed by atoms with Crippen LogP contribution in [0.5, 0.6) is 0 Å². The number of aliphatic hydroxyl groups is 1. The molecule has 1 fully saturated rings. The lowest BCUT2D eigenvalue weighted by Gasteiger charge is -2.21. The van der Waals surface area contributed by atoms with Crippen LogP contribution in [0.3, 0.4) is 0 Å². The number of nitrogens with zero attached hydrogens (tertiary/aromatic N) is 3. The summed E-state index contributed by atoms with van der Waals surface area (Å²) in [6, 6.07) is 3.92. The maximum atomic E-state index is 12.3. The second-order valence-corrected chi connectivity index (χ2v) is 4.75. The third-order valence-corrected chi connectivity index (χ3v) is 3.04. The molecular formula is C13H19N3O2. The lowest BCUT2D eigenvalue weighted by Crippen LogP contribution is -2.35. The van der Waals surface area contributed by atoms with Crippen molar-refractivity contribution in [1.82, 2.24) is 9.88 Å². The van der Waals surface area contributed by atoms with E-state index in [0.717, 1.165) is 18.7 Å². The smallest absolute Gasteiger partial charge is 0.255 e. The van der Waals surface area contributed by atoms with E-state index in [2.05, 4.69) is 4.98 Å². The van der Waals surface area contributed by atoms with Gasteiger partial charge in [0.05, 0.1) is 12.2 Å². The van der Waals surface area contributed by atoms with Crippen LogP contribution in [0.15, 0.2) is 18.3 Å². The Morgan fingerprint density at radius 3 is 2.61 bits per heavy atom. The first-order chi connectivity index (χ1) is 8.63. The van der Waals surface area contributed by atoms with Crippen LogP contribution in [-0.2, 0) is 0 Å². The zero-order chi connectivity index (χ0) is 13.1. The van der Waals surface area contributed by atoms with E-state index in [1.807, 2.05) is 25.1 Å². The van der Waals surface area contributed by atoms with Crippen molar-refractivity contribution >= 4 is 11.7 Å². The van der Waals surface area contributed by atoms with Crippen LogP contribution in [0.1, 0.15) is 23.2 Å². The second-order valence-electron chi connectivity index (χ2n) is 4.75. The van der Waals surface area contributed by atoms with Crippen molar-refractivity contribution in [3.8, 4) is 0 Å². The van der Waals surface area contributed by atoms with E-state index in [9.17, 15) is 4.79 Å². The highest BCUT2D eigenvalue weighted by Gasteiger charge is 2.32. The van der Waals surface area contributed by atoms with Crippen molar-refractivity contribution in [1.29, 1.82) is 0 Å². The van der Waals surface area contributed by atoms with E-state index in [1.165, 1.54) is 0 Å². The van der Waals surface area contributed by atoms with Gasteiger partial charge in [-0.3, -0.25) is 4.79 Å². The van der Waals surface area contributed by atoms with Crippen LogP contribution >= 0.6 is 0 Å². The molecule has 1 aromatic rings.